The zero-order valence-electron chi connectivity index (χ0n) is 12.2. The Hall–Kier alpha value is -1.81. The van der Waals surface area contributed by atoms with Crippen molar-refractivity contribution in [3.8, 4) is 11.4 Å². The number of benzene rings is 1. The van der Waals surface area contributed by atoms with Crippen LogP contribution in [-0.4, -0.2) is 22.7 Å². The number of hydrogen-bond acceptors (Lipinski definition) is 3. The van der Waals surface area contributed by atoms with Crippen LogP contribution < -0.4 is 10.5 Å². The van der Waals surface area contributed by atoms with Crippen molar-refractivity contribution in [2.24, 2.45) is 5.73 Å². The highest BCUT2D eigenvalue weighted by molar-refractivity contribution is 5.39. The minimum absolute atomic E-state index is 0.530. The van der Waals surface area contributed by atoms with Crippen LogP contribution in [0.2, 0.25) is 0 Å². The molecule has 2 aromatic rings. The smallest absolute Gasteiger partial charge is 0.119 e. The van der Waals surface area contributed by atoms with Crippen molar-refractivity contribution in [3.63, 3.8) is 0 Å². The lowest BCUT2D eigenvalue weighted by molar-refractivity contribution is 0.328. The third-order valence-corrected chi connectivity index (χ3v) is 3.57. The van der Waals surface area contributed by atoms with Gasteiger partial charge in [0.1, 0.15) is 12.4 Å². The number of aromatic nitrogens is 2. The summed E-state index contributed by atoms with van der Waals surface area (Å²) in [6.45, 7) is 5.51. The Balaban J connectivity index is 2.21. The lowest BCUT2D eigenvalue weighted by Crippen LogP contribution is -2.10. The molecule has 1 aromatic heterocycles. The largest absolute Gasteiger partial charge is 0.492 e. The molecule has 0 saturated heterocycles. The van der Waals surface area contributed by atoms with E-state index in [9.17, 15) is 0 Å². The lowest BCUT2D eigenvalue weighted by Gasteiger charge is -2.16. The number of nitrogens with zero attached hydrogens (tertiary/aromatic N) is 2. The van der Waals surface area contributed by atoms with Gasteiger partial charge >= 0.3 is 0 Å². The summed E-state index contributed by atoms with van der Waals surface area (Å²) in [7, 11) is 0. The summed E-state index contributed by atoms with van der Waals surface area (Å²) in [6, 6.07) is 8.06. The van der Waals surface area contributed by atoms with E-state index in [0.29, 0.717) is 19.1 Å². The second-order valence-corrected chi connectivity index (χ2v) is 4.83. The predicted molar refractivity (Wildman–Crippen MR) is 81.4 cm³/mol. The molecular formula is C16H23N3O. The normalized spacial score (nSPS) is 11.0. The highest BCUT2D eigenvalue weighted by atomic mass is 16.5. The fraction of sp³-hybridized carbons (Fsp3) is 0.438. The molecule has 0 atom stereocenters. The first kappa shape index (κ1) is 14.6. The number of imidazole rings is 1. The van der Waals surface area contributed by atoms with Crippen LogP contribution in [0.1, 0.15) is 38.3 Å². The van der Waals surface area contributed by atoms with Crippen LogP contribution in [0, 0.1) is 0 Å². The van der Waals surface area contributed by atoms with Gasteiger partial charge in [-0.05, 0) is 37.1 Å². The highest BCUT2D eigenvalue weighted by Crippen LogP contribution is 2.25. The Labute approximate surface area is 120 Å². The second kappa shape index (κ2) is 7.10. The summed E-state index contributed by atoms with van der Waals surface area (Å²) >= 11 is 0. The molecule has 0 fully saturated rings. The van der Waals surface area contributed by atoms with Crippen LogP contribution >= 0.6 is 0 Å². The predicted octanol–water partition coefficient (Wildman–Crippen LogP) is 3.11. The van der Waals surface area contributed by atoms with Gasteiger partial charge < -0.3 is 15.0 Å². The first-order valence-electron chi connectivity index (χ1n) is 7.25. The van der Waals surface area contributed by atoms with Gasteiger partial charge in [-0.15, -0.1) is 0 Å². The molecule has 1 aromatic carbocycles. The molecule has 0 aliphatic heterocycles. The van der Waals surface area contributed by atoms with Crippen molar-refractivity contribution in [3.05, 3.63) is 42.5 Å². The molecule has 2 rings (SSSR count). The third kappa shape index (κ3) is 3.20. The van der Waals surface area contributed by atoms with Crippen molar-refractivity contribution < 1.29 is 4.74 Å². The van der Waals surface area contributed by atoms with E-state index in [1.807, 2.05) is 24.7 Å². The zero-order valence-corrected chi connectivity index (χ0v) is 12.2. The Morgan fingerprint density at radius 3 is 2.50 bits per heavy atom. The Morgan fingerprint density at radius 2 is 1.90 bits per heavy atom. The van der Waals surface area contributed by atoms with E-state index in [1.165, 1.54) is 5.69 Å². The molecular weight excluding hydrogens is 250 g/mol. The average molecular weight is 273 g/mol. The van der Waals surface area contributed by atoms with Crippen LogP contribution in [0.3, 0.4) is 0 Å². The highest BCUT2D eigenvalue weighted by Gasteiger charge is 2.13. The first-order valence-corrected chi connectivity index (χ1v) is 7.25. The van der Waals surface area contributed by atoms with Gasteiger partial charge in [0.15, 0.2) is 0 Å². The maximum absolute atomic E-state index is 5.50. The number of rotatable bonds is 7. The molecule has 0 aliphatic carbocycles. The SMILES string of the molecule is CCC(CC)c1cncn1-c1ccc(OCCN)cc1. The van der Waals surface area contributed by atoms with Gasteiger partial charge in [-0.2, -0.15) is 0 Å². The maximum atomic E-state index is 5.50. The van der Waals surface area contributed by atoms with Gasteiger partial charge in [0.2, 0.25) is 0 Å². The molecule has 20 heavy (non-hydrogen) atoms. The third-order valence-electron chi connectivity index (χ3n) is 3.57. The lowest BCUT2D eigenvalue weighted by atomic mass is 10.00. The summed E-state index contributed by atoms with van der Waals surface area (Å²) in [5.41, 5.74) is 7.81. The minimum atomic E-state index is 0.530. The minimum Gasteiger partial charge on any atom is -0.492 e. The van der Waals surface area contributed by atoms with Gasteiger partial charge in [0.05, 0.1) is 6.33 Å². The number of nitrogens with two attached hydrogens (primary N) is 1. The summed E-state index contributed by atoms with van der Waals surface area (Å²) in [5, 5.41) is 0. The number of ether oxygens (including phenoxy) is 1. The molecule has 0 saturated carbocycles. The summed E-state index contributed by atoms with van der Waals surface area (Å²) in [6.07, 6.45) is 6.10. The number of hydrogen-bond donors (Lipinski definition) is 1. The summed E-state index contributed by atoms with van der Waals surface area (Å²) in [4.78, 5) is 4.30. The fourth-order valence-corrected chi connectivity index (χ4v) is 2.41. The molecule has 108 valence electrons. The van der Waals surface area contributed by atoms with Gasteiger partial charge in [-0.25, -0.2) is 4.98 Å². The Bertz CT molecular complexity index is 515. The zero-order chi connectivity index (χ0) is 14.4. The van der Waals surface area contributed by atoms with Crippen molar-refractivity contribution in [2.45, 2.75) is 32.6 Å². The first-order chi connectivity index (χ1) is 9.80. The summed E-state index contributed by atoms with van der Waals surface area (Å²) < 4.78 is 7.65. The Kier molecular flexibility index (Phi) is 5.18. The quantitative estimate of drug-likeness (QED) is 0.843. The van der Waals surface area contributed by atoms with E-state index >= 15 is 0 Å². The molecule has 1 heterocycles. The van der Waals surface area contributed by atoms with E-state index in [1.54, 1.807) is 0 Å². The summed E-state index contributed by atoms with van der Waals surface area (Å²) in [5.74, 6) is 1.40. The molecule has 0 radical (unpaired) electrons. The maximum Gasteiger partial charge on any atom is 0.119 e. The molecule has 4 heteroatoms. The van der Waals surface area contributed by atoms with Crippen molar-refractivity contribution in [1.29, 1.82) is 0 Å². The van der Waals surface area contributed by atoms with Crippen LogP contribution in [-0.2, 0) is 0 Å². The van der Waals surface area contributed by atoms with Gasteiger partial charge in [0.25, 0.3) is 0 Å². The van der Waals surface area contributed by atoms with Crippen molar-refractivity contribution >= 4 is 0 Å². The average Bonchev–Trinajstić information content (AvgIpc) is 2.96. The topological polar surface area (TPSA) is 53.1 Å². The van der Waals surface area contributed by atoms with Crippen LogP contribution in [0.4, 0.5) is 0 Å². The van der Waals surface area contributed by atoms with Gasteiger partial charge in [-0.1, -0.05) is 13.8 Å². The molecule has 0 bridgehead atoms. The van der Waals surface area contributed by atoms with Gasteiger partial charge in [0, 0.05) is 30.0 Å². The Morgan fingerprint density at radius 1 is 1.20 bits per heavy atom. The van der Waals surface area contributed by atoms with Crippen LogP contribution in [0.5, 0.6) is 5.75 Å². The van der Waals surface area contributed by atoms with E-state index < -0.39 is 0 Å². The van der Waals surface area contributed by atoms with Crippen LogP contribution in [0.15, 0.2) is 36.8 Å². The second-order valence-electron chi connectivity index (χ2n) is 4.83. The molecule has 0 unspecified atom stereocenters. The van der Waals surface area contributed by atoms with E-state index in [2.05, 4.69) is 35.5 Å². The molecule has 4 nitrogen and oxygen atoms in total. The standard InChI is InChI=1S/C16H23N3O/c1-3-13(4-2)16-11-18-12-19(16)14-5-7-15(8-6-14)20-10-9-17/h5-8,11-13H,3-4,9-10,17H2,1-2H3. The molecule has 0 amide bonds. The van der Waals surface area contributed by atoms with Crippen LogP contribution in [0.25, 0.3) is 5.69 Å². The molecule has 0 spiro atoms. The monoisotopic (exact) mass is 273 g/mol. The van der Waals surface area contributed by atoms with Crippen molar-refractivity contribution in [2.75, 3.05) is 13.2 Å². The molecule has 0 aliphatic rings. The van der Waals surface area contributed by atoms with E-state index in [4.69, 9.17) is 10.5 Å². The van der Waals surface area contributed by atoms with Crippen molar-refractivity contribution in [1.82, 2.24) is 9.55 Å². The van der Waals surface area contributed by atoms with E-state index in [-0.39, 0.29) is 0 Å². The van der Waals surface area contributed by atoms with E-state index in [0.717, 1.165) is 24.3 Å². The fourth-order valence-electron chi connectivity index (χ4n) is 2.41. The van der Waals surface area contributed by atoms with Gasteiger partial charge in [-0.3, -0.25) is 0 Å². The molecule has 2 N–H and O–H groups in total.